The molecule has 0 saturated carbocycles. The van der Waals surface area contributed by atoms with Gasteiger partial charge in [-0.3, -0.25) is 4.79 Å². The molecule has 0 radical (unpaired) electrons. The van der Waals surface area contributed by atoms with Crippen LogP contribution < -0.4 is 15.8 Å². The maximum Gasteiger partial charge on any atom is 0.251 e. The summed E-state index contributed by atoms with van der Waals surface area (Å²) in [5.41, 5.74) is 6.96. The van der Waals surface area contributed by atoms with Gasteiger partial charge < -0.3 is 15.8 Å². The molecule has 1 amide bonds. The number of rotatable bonds is 7. The predicted molar refractivity (Wildman–Crippen MR) is 87.3 cm³/mol. The molecule has 2 aromatic rings. The van der Waals surface area contributed by atoms with Crippen molar-refractivity contribution in [2.75, 3.05) is 13.2 Å². The minimum atomic E-state index is -0.236. The Labute approximate surface area is 135 Å². The maximum absolute atomic E-state index is 12.4. The van der Waals surface area contributed by atoms with Crippen molar-refractivity contribution in [3.8, 4) is 5.75 Å². The first kappa shape index (κ1) is 17.0. The van der Waals surface area contributed by atoms with Crippen molar-refractivity contribution in [1.82, 2.24) is 20.1 Å². The molecule has 3 N–H and O–H groups in total. The Balaban J connectivity index is 2.11. The van der Waals surface area contributed by atoms with Gasteiger partial charge in [-0.2, -0.15) is 5.10 Å². The minimum absolute atomic E-state index is 0.180. The van der Waals surface area contributed by atoms with E-state index in [2.05, 4.69) is 15.4 Å². The summed E-state index contributed by atoms with van der Waals surface area (Å²) >= 11 is 0. The fraction of sp³-hybridized carbons (Fsp3) is 0.438. The molecule has 0 saturated heterocycles. The van der Waals surface area contributed by atoms with E-state index in [0.29, 0.717) is 31.0 Å². The van der Waals surface area contributed by atoms with Crippen LogP contribution in [-0.4, -0.2) is 33.8 Å². The van der Waals surface area contributed by atoms with Gasteiger partial charge in [0.25, 0.3) is 5.91 Å². The van der Waals surface area contributed by atoms with Gasteiger partial charge in [0.05, 0.1) is 6.04 Å². The van der Waals surface area contributed by atoms with Crippen LogP contribution in [0.5, 0.6) is 5.75 Å². The van der Waals surface area contributed by atoms with Crippen molar-refractivity contribution < 1.29 is 9.53 Å². The Hall–Kier alpha value is -2.41. The molecule has 1 aromatic heterocycles. The van der Waals surface area contributed by atoms with E-state index < -0.39 is 0 Å². The number of hydrogen-bond donors (Lipinski definition) is 2. The van der Waals surface area contributed by atoms with Gasteiger partial charge in [-0.05, 0) is 38.5 Å². The molecular formula is C16H23N5O2. The number of carbonyl (C=O) groups excluding carboxylic acids is 1. The van der Waals surface area contributed by atoms with Crippen molar-refractivity contribution >= 4 is 5.91 Å². The summed E-state index contributed by atoms with van der Waals surface area (Å²) in [6, 6.07) is 5.13. The Bertz CT molecular complexity index is 668. The van der Waals surface area contributed by atoms with Gasteiger partial charge in [0.15, 0.2) is 0 Å². The molecule has 0 aliphatic heterocycles. The minimum Gasteiger partial charge on any atom is -0.492 e. The van der Waals surface area contributed by atoms with E-state index in [4.69, 9.17) is 10.5 Å². The van der Waals surface area contributed by atoms with Crippen molar-refractivity contribution in [2.45, 2.75) is 33.4 Å². The van der Waals surface area contributed by atoms with Crippen LogP contribution in [0.4, 0.5) is 0 Å². The number of ether oxygens (including phenoxy) is 1. The largest absolute Gasteiger partial charge is 0.492 e. The SMILES string of the molecule is CCn1ncnc1[C@H](C)NC(=O)c1ccc(C)c(OCCN)c1. The number of hydrogen-bond acceptors (Lipinski definition) is 5. The van der Waals surface area contributed by atoms with Crippen LogP contribution in [0.25, 0.3) is 0 Å². The number of benzene rings is 1. The number of aromatic nitrogens is 3. The van der Waals surface area contributed by atoms with Crippen molar-refractivity contribution in [2.24, 2.45) is 5.73 Å². The molecule has 1 aromatic carbocycles. The van der Waals surface area contributed by atoms with E-state index in [1.54, 1.807) is 16.8 Å². The fourth-order valence-electron chi connectivity index (χ4n) is 2.26. The smallest absolute Gasteiger partial charge is 0.251 e. The molecule has 23 heavy (non-hydrogen) atoms. The lowest BCUT2D eigenvalue weighted by molar-refractivity contribution is 0.0937. The molecule has 7 heteroatoms. The molecule has 0 aliphatic rings. The fourth-order valence-corrected chi connectivity index (χ4v) is 2.26. The monoisotopic (exact) mass is 317 g/mol. The lowest BCUT2D eigenvalue weighted by Crippen LogP contribution is -2.29. The first-order valence-corrected chi connectivity index (χ1v) is 7.68. The molecule has 0 bridgehead atoms. The second kappa shape index (κ2) is 7.73. The van der Waals surface area contributed by atoms with Crippen LogP contribution in [0.1, 0.15) is 41.6 Å². The molecule has 1 heterocycles. The summed E-state index contributed by atoms with van der Waals surface area (Å²) in [4.78, 5) is 16.6. The average Bonchev–Trinajstić information content (AvgIpc) is 3.02. The Kier molecular flexibility index (Phi) is 5.70. The highest BCUT2D eigenvalue weighted by atomic mass is 16.5. The lowest BCUT2D eigenvalue weighted by Gasteiger charge is -2.15. The standard InChI is InChI=1S/C16H23N5O2/c1-4-21-15(18-10-19-21)12(3)20-16(22)13-6-5-11(2)14(9-13)23-8-7-17/h5-6,9-10,12H,4,7-8,17H2,1-3H3,(H,20,22)/t12-/m0/s1. The van der Waals surface area contributed by atoms with E-state index in [9.17, 15) is 4.79 Å². The highest BCUT2D eigenvalue weighted by Crippen LogP contribution is 2.20. The van der Waals surface area contributed by atoms with Gasteiger partial charge in [0.1, 0.15) is 24.5 Å². The summed E-state index contributed by atoms with van der Waals surface area (Å²) < 4.78 is 7.32. The molecule has 1 atom stereocenters. The number of carbonyl (C=O) groups is 1. The normalized spacial score (nSPS) is 12.0. The maximum atomic E-state index is 12.4. The Morgan fingerprint density at radius 2 is 2.26 bits per heavy atom. The molecule has 124 valence electrons. The second-order valence-electron chi connectivity index (χ2n) is 5.25. The van der Waals surface area contributed by atoms with Crippen LogP contribution in [0.15, 0.2) is 24.5 Å². The van der Waals surface area contributed by atoms with Gasteiger partial charge >= 0.3 is 0 Å². The first-order chi connectivity index (χ1) is 11.1. The number of nitrogens with zero attached hydrogens (tertiary/aromatic N) is 3. The van der Waals surface area contributed by atoms with Gasteiger partial charge in [-0.25, -0.2) is 9.67 Å². The van der Waals surface area contributed by atoms with Crippen LogP contribution in [0.2, 0.25) is 0 Å². The molecule has 0 fully saturated rings. The van der Waals surface area contributed by atoms with Gasteiger partial charge in [0, 0.05) is 18.7 Å². The summed E-state index contributed by atoms with van der Waals surface area (Å²) in [6.07, 6.45) is 1.49. The molecule has 0 aliphatic carbocycles. The topological polar surface area (TPSA) is 95.1 Å². The predicted octanol–water partition coefficient (Wildman–Crippen LogP) is 1.43. The zero-order valence-electron chi connectivity index (χ0n) is 13.7. The van der Waals surface area contributed by atoms with E-state index >= 15 is 0 Å². The van der Waals surface area contributed by atoms with E-state index in [1.807, 2.05) is 26.8 Å². The molecule has 0 spiro atoms. The van der Waals surface area contributed by atoms with Gasteiger partial charge in [0.2, 0.25) is 0 Å². The zero-order chi connectivity index (χ0) is 16.8. The van der Waals surface area contributed by atoms with E-state index in [0.717, 1.165) is 11.4 Å². The van der Waals surface area contributed by atoms with Crippen molar-refractivity contribution in [3.63, 3.8) is 0 Å². The highest BCUT2D eigenvalue weighted by molar-refractivity contribution is 5.94. The third kappa shape index (κ3) is 4.07. The van der Waals surface area contributed by atoms with Crippen molar-refractivity contribution in [1.29, 1.82) is 0 Å². The zero-order valence-corrected chi connectivity index (χ0v) is 13.7. The molecule has 7 nitrogen and oxygen atoms in total. The van der Waals surface area contributed by atoms with Crippen LogP contribution >= 0.6 is 0 Å². The molecule has 2 rings (SSSR count). The second-order valence-corrected chi connectivity index (χ2v) is 5.25. The molecule has 0 unspecified atom stereocenters. The van der Waals surface area contributed by atoms with Crippen LogP contribution in [-0.2, 0) is 6.54 Å². The third-order valence-electron chi connectivity index (χ3n) is 3.51. The number of aryl methyl sites for hydroxylation is 2. The number of nitrogens with two attached hydrogens (primary N) is 1. The Morgan fingerprint density at radius 3 is 2.96 bits per heavy atom. The average molecular weight is 317 g/mol. The summed E-state index contributed by atoms with van der Waals surface area (Å²) in [5.74, 6) is 1.22. The Morgan fingerprint density at radius 1 is 1.48 bits per heavy atom. The van der Waals surface area contributed by atoms with E-state index in [-0.39, 0.29) is 11.9 Å². The summed E-state index contributed by atoms with van der Waals surface area (Å²) in [5, 5.41) is 7.05. The van der Waals surface area contributed by atoms with Gasteiger partial charge in [-0.15, -0.1) is 0 Å². The molecular weight excluding hydrogens is 294 g/mol. The quantitative estimate of drug-likeness (QED) is 0.805. The summed E-state index contributed by atoms with van der Waals surface area (Å²) in [7, 11) is 0. The first-order valence-electron chi connectivity index (χ1n) is 7.68. The number of nitrogens with one attached hydrogen (secondary N) is 1. The van der Waals surface area contributed by atoms with Crippen LogP contribution in [0.3, 0.4) is 0 Å². The van der Waals surface area contributed by atoms with Crippen molar-refractivity contribution in [3.05, 3.63) is 41.5 Å². The highest BCUT2D eigenvalue weighted by Gasteiger charge is 2.17. The van der Waals surface area contributed by atoms with Crippen LogP contribution in [0, 0.1) is 6.92 Å². The number of amides is 1. The van der Waals surface area contributed by atoms with Gasteiger partial charge in [-0.1, -0.05) is 6.07 Å². The van der Waals surface area contributed by atoms with E-state index in [1.165, 1.54) is 6.33 Å². The lowest BCUT2D eigenvalue weighted by atomic mass is 10.1. The third-order valence-corrected chi connectivity index (χ3v) is 3.51. The summed E-state index contributed by atoms with van der Waals surface area (Å²) in [6.45, 7) is 7.35.